The normalized spacial score (nSPS) is 15.0. The van der Waals surface area contributed by atoms with Crippen LogP contribution in [0, 0.1) is 19.8 Å². The van der Waals surface area contributed by atoms with Crippen LogP contribution in [0.3, 0.4) is 0 Å². The molecule has 0 radical (unpaired) electrons. The van der Waals surface area contributed by atoms with Gasteiger partial charge >= 0.3 is 0 Å². The Bertz CT molecular complexity index is 1510. The monoisotopic (exact) mass is 494 g/mol. The molecule has 8 heteroatoms. The maximum Gasteiger partial charge on any atom is 0.272 e. The first kappa shape index (κ1) is 23.3. The number of nitrogens with zero attached hydrogens (tertiary/aromatic N) is 5. The quantitative estimate of drug-likeness (QED) is 0.438. The second kappa shape index (κ2) is 9.42. The Morgan fingerprint density at radius 3 is 2.76 bits per heavy atom. The summed E-state index contributed by atoms with van der Waals surface area (Å²) in [5.74, 6) is 0.357. The molecule has 0 atom stereocenters. The van der Waals surface area contributed by atoms with Crippen LogP contribution in [0.25, 0.3) is 10.9 Å². The number of benzene rings is 1. The Morgan fingerprint density at radius 1 is 1.11 bits per heavy atom. The van der Waals surface area contributed by atoms with Crippen LogP contribution < -0.4 is 5.32 Å². The summed E-state index contributed by atoms with van der Waals surface area (Å²) in [6, 6.07) is 13.5. The molecule has 1 aliphatic carbocycles. The van der Waals surface area contributed by atoms with Crippen LogP contribution in [0.5, 0.6) is 0 Å². The summed E-state index contributed by atoms with van der Waals surface area (Å²) < 4.78 is 2.01. The van der Waals surface area contributed by atoms with Crippen LogP contribution in [0.15, 0.2) is 48.7 Å². The third-order valence-electron chi connectivity index (χ3n) is 7.24. The van der Waals surface area contributed by atoms with Crippen LogP contribution >= 0.6 is 0 Å². The number of fused-ring (bicyclic) bond motifs is 2. The fourth-order valence-corrected chi connectivity index (χ4v) is 5.12. The molecule has 6 rings (SSSR count). The zero-order valence-electron chi connectivity index (χ0n) is 21.2. The third-order valence-corrected chi connectivity index (χ3v) is 7.24. The molecule has 0 unspecified atom stereocenters. The molecule has 1 N–H and O–H groups in total. The van der Waals surface area contributed by atoms with Gasteiger partial charge < -0.3 is 10.2 Å². The number of nitrogens with one attached hydrogen (secondary N) is 1. The minimum absolute atomic E-state index is 0.0402. The molecule has 1 aliphatic heterocycles. The summed E-state index contributed by atoms with van der Waals surface area (Å²) >= 11 is 0. The number of amides is 2. The molecule has 0 bridgehead atoms. The average Bonchev–Trinajstić information content (AvgIpc) is 3.66. The first-order valence-corrected chi connectivity index (χ1v) is 12.9. The molecule has 4 heterocycles. The van der Waals surface area contributed by atoms with Gasteiger partial charge in [-0.2, -0.15) is 5.10 Å². The SMILES string of the molecule is Cc1ccc2nc(C)cc(C(=O)N3CCc4c(c(C(=O)NCc5ccccn5)nn4CC4CC4)C3)c2c1. The highest BCUT2D eigenvalue weighted by atomic mass is 16.2. The van der Waals surface area contributed by atoms with Crippen molar-refractivity contribution < 1.29 is 9.59 Å². The van der Waals surface area contributed by atoms with Crippen LogP contribution in [0.4, 0.5) is 0 Å². The van der Waals surface area contributed by atoms with Gasteiger partial charge in [-0.25, -0.2) is 0 Å². The fourth-order valence-electron chi connectivity index (χ4n) is 5.12. The molecule has 0 spiro atoms. The van der Waals surface area contributed by atoms with E-state index in [4.69, 9.17) is 5.10 Å². The lowest BCUT2D eigenvalue weighted by molar-refractivity contribution is 0.0732. The van der Waals surface area contributed by atoms with E-state index in [1.54, 1.807) is 6.20 Å². The van der Waals surface area contributed by atoms with E-state index in [0.717, 1.165) is 45.7 Å². The Labute approximate surface area is 215 Å². The Morgan fingerprint density at radius 2 is 1.97 bits per heavy atom. The lowest BCUT2D eigenvalue weighted by atomic mass is 10.0. The van der Waals surface area contributed by atoms with Gasteiger partial charge in [-0.05, 0) is 62.9 Å². The zero-order chi connectivity index (χ0) is 25.5. The lowest BCUT2D eigenvalue weighted by Gasteiger charge is -2.28. The maximum atomic E-state index is 13.8. The predicted molar refractivity (Wildman–Crippen MR) is 140 cm³/mol. The van der Waals surface area contributed by atoms with Gasteiger partial charge in [0.1, 0.15) is 0 Å². The lowest BCUT2D eigenvalue weighted by Crippen LogP contribution is -2.37. The number of pyridine rings is 2. The molecular weight excluding hydrogens is 464 g/mol. The van der Waals surface area contributed by atoms with E-state index in [9.17, 15) is 9.59 Å². The summed E-state index contributed by atoms with van der Waals surface area (Å²) in [7, 11) is 0. The van der Waals surface area contributed by atoms with Crippen molar-refractivity contribution in [1.29, 1.82) is 0 Å². The molecule has 4 aromatic rings. The predicted octanol–water partition coefficient (Wildman–Crippen LogP) is 3.98. The van der Waals surface area contributed by atoms with Gasteiger partial charge in [-0.15, -0.1) is 0 Å². The van der Waals surface area contributed by atoms with Gasteiger partial charge in [0.25, 0.3) is 11.8 Å². The second-order valence-electron chi connectivity index (χ2n) is 10.2. The molecule has 188 valence electrons. The van der Waals surface area contributed by atoms with E-state index in [1.165, 1.54) is 12.8 Å². The van der Waals surface area contributed by atoms with Crippen molar-refractivity contribution in [2.45, 2.75) is 52.7 Å². The van der Waals surface area contributed by atoms with Crippen molar-refractivity contribution in [2.75, 3.05) is 6.54 Å². The van der Waals surface area contributed by atoms with Crippen molar-refractivity contribution in [1.82, 2.24) is 30.0 Å². The summed E-state index contributed by atoms with van der Waals surface area (Å²) in [6.07, 6.45) is 4.79. The van der Waals surface area contributed by atoms with Gasteiger partial charge in [-0.1, -0.05) is 17.7 Å². The minimum atomic E-state index is -0.230. The minimum Gasteiger partial charge on any atom is -0.345 e. The zero-order valence-corrected chi connectivity index (χ0v) is 21.2. The molecule has 1 saturated carbocycles. The van der Waals surface area contributed by atoms with E-state index in [1.807, 2.05) is 65.9 Å². The van der Waals surface area contributed by atoms with Gasteiger partial charge in [-0.3, -0.25) is 24.2 Å². The van der Waals surface area contributed by atoms with Crippen molar-refractivity contribution in [3.05, 3.63) is 88.1 Å². The molecule has 1 fully saturated rings. The summed E-state index contributed by atoms with van der Waals surface area (Å²) in [5.41, 5.74) is 6.49. The van der Waals surface area contributed by atoms with E-state index >= 15 is 0 Å². The van der Waals surface area contributed by atoms with Gasteiger partial charge in [0, 0.05) is 48.0 Å². The highest BCUT2D eigenvalue weighted by Gasteiger charge is 2.33. The van der Waals surface area contributed by atoms with Crippen LogP contribution in [0.1, 0.15) is 61.9 Å². The topological polar surface area (TPSA) is 93.0 Å². The fraction of sp³-hybridized carbons (Fsp3) is 0.345. The van der Waals surface area contributed by atoms with E-state index in [2.05, 4.69) is 15.3 Å². The van der Waals surface area contributed by atoms with Gasteiger partial charge in [0.05, 0.1) is 29.9 Å². The number of aromatic nitrogens is 4. The number of carbonyl (C=O) groups is 2. The number of hydrogen-bond donors (Lipinski definition) is 1. The highest BCUT2D eigenvalue weighted by Crippen LogP contribution is 2.33. The maximum absolute atomic E-state index is 13.8. The van der Waals surface area contributed by atoms with Gasteiger partial charge in [0.2, 0.25) is 0 Å². The Kier molecular flexibility index (Phi) is 5.94. The molecule has 3 aromatic heterocycles. The smallest absolute Gasteiger partial charge is 0.272 e. The van der Waals surface area contributed by atoms with Crippen LogP contribution in [-0.4, -0.2) is 43.0 Å². The van der Waals surface area contributed by atoms with Crippen molar-refractivity contribution >= 4 is 22.7 Å². The number of carbonyl (C=O) groups excluding carboxylic acids is 2. The average molecular weight is 495 g/mol. The molecule has 37 heavy (non-hydrogen) atoms. The molecule has 8 nitrogen and oxygen atoms in total. The Balaban J connectivity index is 1.30. The van der Waals surface area contributed by atoms with Gasteiger partial charge in [0.15, 0.2) is 5.69 Å². The van der Waals surface area contributed by atoms with E-state index in [0.29, 0.717) is 43.2 Å². The third kappa shape index (κ3) is 4.71. The summed E-state index contributed by atoms with van der Waals surface area (Å²) in [5, 5.41) is 8.60. The first-order valence-electron chi connectivity index (χ1n) is 12.9. The number of hydrogen-bond acceptors (Lipinski definition) is 5. The molecular formula is C29H30N6O2. The molecule has 2 amide bonds. The second-order valence-corrected chi connectivity index (χ2v) is 10.2. The summed E-state index contributed by atoms with van der Waals surface area (Å²) in [6.45, 7) is 6.04. The standard InChI is InChI=1S/C29H30N6O2/c1-18-6-9-25-22(13-18)23(14-19(2)32-25)29(37)34-12-10-26-24(17-34)27(33-35(26)16-20-7-8-20)28(36)31-15-21-5-3-4-11-30-21/h3-6,9,11,13-14,20H,7-8,10,12,15-17H2,1-2H3,(H,31,36). The number of aryl methyl sites for hydroxylation is 2. The summed E-state index contributed by atoms with van der Waals surface area (Å²) in [4.78, 5) is 37.9. The first-order chi connectivity index (χ1) is 18.0. The van der Waals surface area contributed by atoms with Crippen molar-refractivity contribution in [3.63, 3.8) is 0 Å². The largest absolute Gasteiger partial charge is 0.345 e. The molecule has 2 aliphatic rings. The highest BCUT2D eigenvalue weighted by molar-refractivity contribution is 6.06. The van der Waals surface area contributed by atoms with Crippen LogP contribution in [-0.2, 0) is 26.1 Å². The van der Waals surface area contributed by atoms with Crippen LogP contribution in [0.2, 0.25) is 0 Å². The number of rotatable bonds is 6. The Hall–Kier alpha value is -4.07. The van der Waals surface area contributed by atoms with E-state index in [-0.39, 0.29) is 11.8 Å². The molecule has 1 aromatic carbocycles. The van der Waals surface area contributed by atoms with Crippen molar-refractivity contribution in [2.24, 2.45) is 5.92 Å². The van der Waals surface area contributed by atoms with Crippen molar-refractivity contribution in [3.8, 4) is 0 Å². The van der Waals surface area contributed by atoms with E-state index < -0.39 is 0 Å². The molecule has 0 saturated heterocycles.